The van der Waals surface area contributed by atoms with Crippen LogP contribution in [0.25, 0.3) is 10.9 Å². The molecule has 0 saturated heterocycles. The van der Waals surface area contributed by atoms with Crippen LogP contribution in [0.3, 0.4) is 0 Å². The molecule has 0 atom stereocenters. The summed E-state index contributed by atoms with van der Waals surface area (Å²) in [5.74, 6) is 1.47. The highest BCUT2D eigenvalue weighted by atomic mass is 35.5. The van der Waals surface area contributed by atoms with Gasteiger partial charge >= 0.3 is 0 Å². The fraction of sp³-hybridized carbons (Fsp3) is 0.240. The van der Waals surface area contributed by atoms with E-state index in [-0.39, 0.29) is 11.4 Å². The average molecular weight is 515 g/mol. The van der Waals surface area contributed by atoms with Crippen molar-refractivity contribution in [3.05, 3.63) is 65.4 Å². The molecule has 2 aromatic carbocycles. The number of aromatic nitrogens is 2. The van der Waals surface area contributed by atoms with Gasteiger partial charge < -0.3 is 19.2 Å². The summed E-state index contributed by atoms with van der Waals surface area (Å²) in [4.78, 5) is 19.7. The number of hydroxylamine groups is 1. The highest BCUT2D eigenvalue weighted by Crippen LogP contribution is 2.38. The van der Waals surface area contributed by atoms with Crippen LogP contribution in [-0.4, -0.2) is 28.2 Å². The van der Waals surface area contributed by atoms with Gasteiger partial charge in [-0.05, 0) is 43.2 Å². The third-order valence-electron chi connectivity index (χ3n) is 5.40. The molecule has 11 heteroatoms. The number of amides is 1. The number of methoxy groups -OCH3 is 1. The maximum absolute atomic E-state index is 13.5. The molecule has 0 aliphatic heterocycles. The van der Waals surface area contributed by atoms with Gasteiger partial charge in [0.15, 0.2) is 11.5 Å². The fourth-order valence-corrected chi connectivity index (χ4v) is 3.77. The second-order valence-electron chi connectivity index (χ2n) is 7.91. The van der Waals surface area contributed by atoms with E-state index in [1.807, 2.05) is 6.07 Å². The van der Waals surface area contributed by atoms with E-state index in [1.54, 1.807) is 29.7 Å². The van der Waals surface area contributed by atoms with Gasteiger partial charge in [0.1, 0.15) is 23.7 Å². The predicted molar refractivity (Wildman–Crippen MR) is 132 cm³/mol. The van der Waals surface area contributed by atoms with Gasteiger partial charge in [-0.1, -0.05) is 18.0 Å². The minimum absolute atomic E-state index is 0.00617. The number of hydrogen-bond acceptors (Lipinski definition) is 8. The molecule has 0 radical (unpaired) electrons. The number of furan rings is 1. The van der Waals surface area contributed by atoms with Crippen molar-refractivity contribution in [1.29, 1.82) is 0 Å². The van der Waals surface area contributed by atoms with E-state index in [1.165, 1.54) is 25.6 Å². The van der Waals surface area contributed by atoms with Crippen LogP contribution >= 0.6 is 11.6 Å². The van der Waals surface area contributed by atoms with Gasteiger partial charge in [-0.3, -0.25) is 10.0 Å². The van der Waals surface area contributed by atoms with E-state index in [2.05, 4.69) is 15.3 Å². The number of halogens is 2. The van der Waals surface area contributed by atoms with Crippen LogP contribution in [0, 0.1) is 5.82 Å². The van der Waals surface area contributed by atoms with Crippen LogP contribution in [0.2, 0.25) is 5.02 Å². The van der Waals surface area contributed by atoms with Crippen molar-refractivity contribution in [2.24, 2.45) is 0 Å². The second kappa shape index (κ2) is 11.7. The van der Waals surface area contributed by atoms with Gasteiger partial charge in [-0.15, -0.1) is 0 Å². The molecule has 4 aromatic rings. The highest BCUT2D eigenvalue weighted by molar-refractivity contribution is 6.31. The van der Waals surface area contributed by atoms with Crippen molar-refractivity contribution in [3.8, 4) is 17.4 Å². The summed E-state index contributed by atoms with van der Waals surface area (Å²) in [6.07, 6.45) is 4.68. The molecule has 9 nitrogen and oxygen atoms in total. The molecular formula is C25H24ClFN4O5. The first-order valence-electron chi connectivity index (χ1n) is 11.2. The Kier molecular flexibility index (Phi) is 8.19. The normalized spacial score (nSPS) is 10.9. The first-order valence-corrected chi connectivity index (χ1v) is 11.6. The number of ether oxygens (including phenoxy) is 2. The van der Waals surface area contributed by atoms with Crippen molar-refractivity contribution in [3.63, 3.8) is 0 Å². The molecule has 188 valence electrons. The SMILES string of the molecule is COc1cc2ncnc(Nc3ccc(F)c(Cl)c3)c2cc1Oc1ccc(CCCCCC(=O)NO)o1. The Morgan fingerprint density at radius 1 is 1.11 bits per heavy atom. The molecule has 36 heavy (non-hydrogen) atoms. The van der Waals surface area contributed by atoms with Crippen molar-refractivity contribution >= 4 is 39.9 Å². The molecule has 0 aliphatic carbocycles. The number of fused-ring (bicyclic) bond motifs is 1. The van der Waals surface area contributed by atoms with Crippen molar-refractivity contribution in [2.75, 3.05) is 12.4 Å². The van der Waals surface area contributed by atoms with Gasteiger partial charge in [0.2, 0.25) is 5.91 Å². The number of nitrogens with one attached hydrogen (secondary N) is 2. The zero-order valence-corrected chi connectivity index (χ0v) is 20.1. The molecule has 0 bridgehead atoms. The lowest BCUT2D eigenvalue weighted by Crippen LogP contribution is -2.17. The number of rotatable bonds is 11. The molecule has 2 heterocycles. The summed E-state index contributed by atoms with van der Waals surface area (Å²) in [7, 11) is 1.53. The Morgan fingerprint density at radius 2 is 1.97 bits per heavy atom. The third-order valence-corrected chi connectivity index (χ3v) is 5.69. The molecule has 0 fully saturated rings. The molecule has 0 saturated carbocycles. The van der Waals surface area contributed by atoms with Gasteiger partial charge in [0, 0.05) is 36.0 Å². The number of hydrogen-bond donors (Lipinski definition) is 3. The highest BCUT2D eigenvalue weighted by Gasteiger charge is 2.15. The van der Waals surface area contributed by atoms with E-state index >= 15 is 0 Å². The minimum atomic E-state index is -0.512. The molecule has 2 aromatic heterocycles. The van der Waals surface area contributed by atoms with Crippen molar-refractivity contribution in [2.45, 2.75) is 32.1 Å². The molecule has 3 N–H and O–H groups in total. The number of benzene rings is 2. The van der Waals surface area contributed by atoms with E-state index in [9.17, 15) is 9.18 Å². The largest absolute Gasteiger partial charge is 0.493 e. The average Bonchev–Trinajstić information content (AvgIpc) is 3.33. The van der Waals surface area contributed by atoms with E-state index in [0.717, 1.165) is 18.6 Å². The number of aryl methyl sites for hydroxylation is 1. The Hall–Kier alpha value is -3.89. The quantitative estimate of drug-likeness (QED) is 0.123. The summed E-state index contributed by atoms with van der Waals surface area (Å²) in [6, 6.07) is 11.3. The standard InChI is InChI=1S/C25H24ClFN4O5/c1-34-21-13-20-17(25(29-14-28-20)30-15-7-9-19(27)18(26)11-15)12-22(21)36-24-10-8-16(35-24)5-3-2-4-6-23(32)31-33/h7-14,33H,2-6H2,1H3,(H,31,32)(H,28,29,30). The molecule has 4 rings (SSSR count). The van der Waals surface area contributed by atoms with Crippen LogP contribution in [0.4, 0.5) is 15.9 Å². The van der Waals surface area contributed by atoms with Crippen LogP contribution < -0.4 is 20.3 Å². The lowest BCUT2D eigenvalue weighted by Gasteiger charge is -2.13. The summed E-state index contributed by atoms with van der Waals surface area (Å²) in [5, 5.41) is 12.3. The molecule has 0 spiro atoms. The summed E-state index contributed by atoms with van der Waals surface area (Å²) < 4.78 is 30.8. The Morgan fingerprint density at radius 3 is 2.75 bits per heavy atom. The summed E-state index contributed by atoms with van der Waals surface area (Å²) >= 11 is 5.90. The van der Waals surface area contributed by atoms with Gasteiger partial charge in [-0.25, -0.2) is 19.8 Å². The Balaban J connectivity index is 1.49. The first-order chi connectivity index (χ1) is 17.5. The molecular weight excluding hydrogens is 491 g/mol. The van der Waals surface area contributed by atoms with Crippen LogP contribution in [-0.2, 0) is 11.2 Å². The zero-order chi connectivity index (χ0) is 25.5. The smallest absolute Gasteiger partial charge is 0.290 e. The maximum Gasteiger partial charge on any atom is 0.290 e. The number of nitrogens with zero attached hydrogens (tertiary/aromatic N) is 2. The lowest BCUT2D eigenvalue weighted by atomic mass is 10.1. The maximum atomic E-state index is 13.5. The van der Waals surface area contributed by atoms with Crippen LogP contribution in [0.1, 0.15) is 31.4 Å². The number of carbonyl (C=O) groups excluding carboxylic acids is 1. The van der Waals surface area contributed by atoms with Crippen LogP contribution in [0.5, 0.6) is 17.4 Å². The number of carbonyl (C=O) groups is 1. The van der Waals surface area contributed by atoms with E-state index in [0.29, 0.717) is 52.7 Å². The Labute approximate surface area is 211 Å². The summed E-state index contributed by atoms with van der Waals surface area (Å²) in [6.45, 7) is 0. The zero-order valence-electron chi connectivity index (χ0n) is 19.4. The van der Waals surface area contributed by atoms with Gasteiger partial charge in [-0.2, -0.15) is 0 Å². The Bertz CT molecular complexity index is 1360. The monoisotopic (exact) mass is 514 g/mol. The predicted octanol–water partition coefficient (Wildman–Crippen LogP) is 6.17. The van der Waals surface area contributed by atoms with E-state index < -0.39 is 11.7 Å². The molecule has 0 unspecified atom stereocenters. The van der Waals surface area contributed by atoms with Crippen molar-refractivity contribution < 1.29 is 28.3 Å². The van der Waals surface area contributed by atoms with E-state index in [4.69, 9.17) is 30.7 Å². The second-order valence-corrected chi connectivity index (χ2v) is 8.32. The van der Waals surface area contributed by atoms with Gasteiger partial charge in [0.25, 0.3) is 5.95 Å². The number of unbranched alkanes of at least 4 members (excludes halogenated alkanes) is 2. The van der Waals surface area contributed by atoms with Crippen LogP contribution in [0.15, 0.2) is 53.2 Å². The summed E-state index contributed by atoms with van der Waals surface area (Å²) in [5.41, 5.74) is 2.80. The minimum Gasteiger partial charge on any atom is -0.493 e. The number of anilines is 2. The van der Waals surface area contributed by atoms with Gasteiger partial charge in [0.05, 0.1) is 17.6 Å². The first kappa shape index (κ1) is 25.2. The van der Waals surface area contributed by atoms with Crippen molar-refractivity contribution in [1.82, 2.24) is 15.4 Å². The molecule has 0 aliphatic rings. The molecule has 1 amide bonds. The fourth-order valence-electron chi connectivity index (χ4n) is 3.59. The third kappa shape index (κ3) is 6.21. The topological polar surface area (TPSA) is 119 Å². The lowest BCUT2D eigenvalue weighted by molar-refractivity contribution is -0.129.